The van der Waals surface area contributed by atoms with Crippen molar-refractivity contribution in [3.8, 4) is 5.75 Å². The van der Waals surface area contributed by atoms with Crippen LogP contribution in [0.3, 0.4) is 0 Å². The minimum absolute atomic E-state index is 0.00853. The minimum Gasteiger partial charge on any atom is -0.433 e. The lowest BCUT2D eigenvalue weighted by Gasteiger charge is -2.22. The van der Waals surface area contributed by atoms with Crippen molar-refractivity contribution in [3.05, 3.63) is 23.2 Å². The second kappa shape index (κ2) is 6.83. The third kappa shape index (κ3) is 4.03. The molecule has 0 saturated carbocycles. The molecule has 1 heterocycles. The Hall–Kier alpha value is -1.44. The summed E-state index contributed by atoms with van der Waals surface area (Å²) in [5, 5.41) is 5.62. The number of benzene rings is 1. The Kier molecular flexibility index (Phi) is 5.11. The standard InChI is InChI=1S/C12H13ClF2N2O3/c13-8-5-7(1-2-9(8)20-12(14)15)17-11(18)10-6-16-3-4-19-10/h1-2,5,10,12,16H,3-4,6H2,(H,17,18). The van der Waals surface area contributed by atoms with Gasteiger partial charge in [-0.15, -0.1) is 0 Å². The zero-order chi connectivity index (χ0) is 14.5. The fourth-order valence-electron chi connectivity index (χ4n) is 1.73. The van der Waals surface area contributed by atoms with E-state index in [0.29, 0.717) is 25.4 Å². The van der Waals surface area contributed by atoms with Gasteiger partial charge in [-0.1, -0.05) is 11.6 Å². The molecule has 1 aliphatic rings. The lowest BCUT2D eigenvalue weighted by molar-refractivity contribution is -0.128. The van der Waals surface area contributed by atoms with Crippen molar-refractivity contribution in [3.63, 3.8) is 0 Å². The van der Waals surface area contributed by atoms with Gasteiger partial charge in [-0.2, -0.15) is 8.78 Å². The van der Waals surface area contributed by atoms with Crippen LogP contribution >= 0.6 is 11.6 Å². The van der Waals surface area contributed by atoms with Crippen LogP contribution in [0.15, 0.2) is 18.2 Å². The second-order valence-corrected chi connectivity index (χ2v) is 4.48. The highest BCUT2D eigenvalue weighted by Gasteiger charge is 2.22. The summed E-state index contributed by atoms with van der Waals surface area (Å²) < 4.78 is 33.7. The quantitative estimate of drug-likeness (QED) is 0.891. The largest absolute Gasteiger partial charge is 0.433 e. The van der Waals surface area contributed by atoms with Crippen LogP contribution in [0.25, 0.3) is 0 Å². The first-order chi connectivity index (χ1) is 9.56. The molecule has 5 nitrogen and oxygen atoms in total. The molecule has 0 spiro atoms. The van der Waals surface area contributed by atoms with Gasteiger partial charge in [0.25, 0.3) is 5.91 Å². The first-order valence-corrected chi connectivity index (χ1v) is 6.31. The summed E-state index contributed by atoms with van der Waals surface area (Å²) in [4.78, 5) is 11.9. The van der Waals surface area contributed by atoms with Crippen LogP contribution in [-0.2, 0) is 9.53 Å². The molecule has 1 atom stereocenters. The molecule has 2 N–H and O–H groups in total. The number of carbonyl (C=O) groups excluding carboxylic acids is 1. The van der Waals surface area contributed by atoms with Gasteiger partial charge >= 0.3 is 6.61 Å². The Bertz CT molecular complexity index is 482. The number of anilines is 1. The van der Waals surface area contributed by atoms with E-state index in [2.05, 4.69) is 15.4 Å². The molecule has 0 aromatic heterocycles. The lowest BCUT2D eigenvalue weighted by Crippen LogP contribution is -2.45. The van der Waals surface area contributed by atoms with Gasteiger partial charge in [-0.3, -0.25) is 4.79 Å². The smallest absolute Gasteiger partial charge is 0.387 e. The van der Waals surface area contributed by atoms with E-state index in [1.807, 2.05) is 0 Å². The number of ether oxygens (including phenoxy) is 2. The second-order valence-electron chi connectivity index (χ2n) is 4.08. The van der Waals surface area contributed by atoms with Gasteiger partial charge < -0.3 is 20.1 Å². The van der Waals surface area contributed by atoms with E-state index in [-0.39, 0.29) is 16.7 Å². The summed E-state index contributed by atoms with van der Waals surface area (Å²) in [7, 11) is 0. The monoisotopic (exact) mass is 306 g/mol. The maximum absolute atomic E-state index is 12.1. The predicted molar refractivity (Wildman–Crippen MR) is 69.3 cm³/mol. The van der Waals surface area contributed by atoms with Crippen LogP contribution in [0.4, 0.5) is 14.5 Å². The minimum atomic E-state index is -2.95. The molecule has 1 aliphatic heterocycles. The number of nitrogens with one attached hydrogen (secondary N) is 2. The van der Waals surface area contributed by atoms with Crippen molar-refractivity contribution in [1.29, 1.82) is 0 Å². The molecule has 1 aromatic carbocycles. The Balaban J connectivity index is 1.99. The number of alkyl halides is 2. The molecule has 110 valence electrons. The van der Waals surface area contributed by atoms with Crippen molar-refractivity contribution in [2.24, 2.45) is 0 Å². The molecule has 1 aromatic rings. The van der Waals surface area contributed by atoms with Crippen molar-refractivity contribution < 1.29 is 23.0 Å². The van der Waals surface area contributed by atoms with Crippen LogP contribution in [0.2, 0.25) is 5.02 Å². The van der Waals surface area contributed by atoms with Gasteiger partial charge in [0.05, 0.1) is 11.6 Å². The van der Waals surface area contributed by atoms with Crippen LogP contribution in [-0.4, -0.2) is 38.3 Å². The van der Waals surface area contributed by atoms with Crippen LogP contribution in [0.5, 0.6) is 5.75 Å². The van der Waals surface area contributed by atoms with E-state index in [1.165, 1.54) is 18.2 Å². The Morgan fingerprint density at radius 2 is 2.35 bits per heavy atom. The number of carbonyl (C=O) groups is 1. The SMILES string of the molecule is O=C(Nc1ccc(OC(F)F)c(Cl)c1)C1CNCCO1. The Labute approximate surface area is 119 Å². The normalized spacial score (nSPS) is 18.9. The first kappa shape index (κ1) is 15.0. The molecule has 0 aliphatic carbocycles. The maximum atomic E-state index is 12.1. The molecule has 1 saturated heterocycles. The first-order valence-electron chi connectivity index (χ1n) is 5.94. The molecule has 1 unspecified atom stereocenters. The van der Waals surface area contributed by atoms with E-state index < -0.39 is 12.7 Å². The summed E-state index contributed by atoms with van der Waals surface area (Å²) >= 11 is 5.79. The summed E-state index contributed by atoms with van der Waals surface area (Å²) in [6.45, 7) is -1.36. The molecular weight excluding hydrogens is 294 g/mol. The van der Waals surface area contributed by atoms with Crippen LogP contribution in [0.1, 0.15) is 0 Å². The van der Waals surface area contributed by atoms with Gasteiger partial charge in [-0.05, 0) is 18.2 Å². The summed E-state index contributed by atoms with van der Waals surface area (Å²) in [5.41, 5.74) is 0.385. The molecule has 20 heavy (non-hydrogen) atoms. The number of hydrogen-bond donors (Lipinski definition) is 2. The highest BCUT2D eigenvalue weighted by atomic mass is 35.5. The van der Waals surface area contributed by atoms with E-state index in [1.54, 1.807) is 0 Å². The van der Waals surface area contributed by atoms with Crippen molar-refractivity contribution in [1.82, 2.24) is 5.32 Å². The van der Waals surface area contributed by atoms with Crippen molar-refractivity contribution in [2.45, 2.75) is 12.7 Å². The predicted octanol–water partition coefficient (Wildman–Crippen LogP) is 1.87. The molecule has 2 rings (SSSR count). The van der Waals surface area contributed by atoms with Gasteiger partial charge in [0.15, 0.2) is 0 Å². The summed E-state index contributed by atoms with van der Waals surface area (Å²) in [6, 6.07) is 4.04. The van der Waals surface area contributed by atoms with E-state index >= 15 is 0 Å². The molecule has 1 amide bonds. The zero-order valence-electron chi connectivity index (χ0n) is 10.4. The number of halogens is 3. The number of hydrogen-bond acceptors (Lipinski definition) is 4. The molecule has 8 heteroatoms. The third-order valence-electron chi connectivity index (χ3n) is 2.64. The van der Waals surface area contributed by atoms with Gasteiger partial charge in [0.1, 0.15) is 11.9 Å². The average molecular weight is 307 g/mol. The summed E-state index contributed by atoms with van der Waals surface area (Å²) in [5.74, 6) is -0.467. The maximum Gasteiger partial charge on any atom is 0.387 e. The number of morpholine rings is 1. The molecule has 0 bridgehead atoms. The average Bonchev–Trinajstić information content (AvgIpc) is 2.42. The van der Waals surface area contributed by atoms with Gasteiger partial charge in [0.2, 0.25) is 0 Å². The fraction of sp³-hybridized carbons (Fsp3) is 0.417. The topological polar surface area (TPSA) is 59.6 Å². The van der Waals surface area contributed by atoms with Gasteiger partial charge in [0, 0.05) is 18.8 Å². The lowest BCUT2D eigenvalue weighted by atomic mass is 10.2. The van der Waals surface area contributed by atoms with Crippen LogP contribution in [0, 0.1) is 0 Å². The van der Waals surface area contributed by atoms with Gasteiger partial charge in [-0.25, -0.2) is 0 Å². The van der Waals surface area contributed by atoms with E-state index in [9.17, 15) is 13.6 Å². The van der Waals surface area contributed by atoms with E-state index in [4.69, 9.17) is 16.3 Å². The Morgan fingerprint density at radius 1 is 1.55 bits per heavy atom. The Morgan fingerprint density at radius 3 is 2.95 bits per heavy atom. The van der Waals surface area contributed by atoms with Crippen LogP contribution < -0.4 is 15.4 Å². The third-order valence-corrected chi connectivity index (χ3v) is 2.93. The number of rotatable bonds is 4. The molecular formula is C12H13ClF2N2O3. The highest BCUT2D eigenvalue weighted by Crippen LogP contribution is 2.29. The van der Waals surface area contributed by atoms with Crippen molar-refractivity contribution in [2.75, 3.05) is 25.0 Å². The molecule has 0 radical (unpaired) electrons. The zero-order valence-corrected chi connectivity index (χ0v) is 11.1. The van der Waals surface area contributed by atoms with Crippen molar-refractivity contribution >= 4 is 23.2 Å². The fourth-order valence-corrected chi connectivity index (χ4v) is 1.95. The molecule has 1 fully saturated rings. The highest BCUT2D eigenvalue weighted by molar-refractivity contribution is 6.32. The number of amides is 1. The summed E-state index contributed by atoms with van der Waals surface area (Å²) in [6.07, 6.45) is -0.584. The van der Waals surface area contributed by atoms with E-state index in [0.717, 1.165) is 0 Å².